The van der Waals surface area contributed by atoms with Crippen molar-refractivity contribution in [2.75, 3.05) is 6.54 Å². The fourth-order valence-corrected chi connectivity index (χ4v) is 4.76. The number of carbonyl (C=O) groups is 1. The van der Waals surface area contributed by atoms with Gasteiger partial charge < -0.3 is 5.32 Å². The fraction of sp³-hybridized carbons (Fsp3) is 0.143. The molecule has 0 bridgehead atoms. The minimum atomic E-state index is -0.123. The average Bonchev–Trinajstić information content (AvgIpc) is 3.56. The van der Waals surface area contributed by atoms with Crippen LogP contribution in [0.3, 0.4) is 0 Å². The van der Waals surface area contributed by atoms with Crippen molar-refractivity contribution in [3.63, 3.8) is 0 Å². The third kappa shape index (κ3) is 5.20. The maximum absolute atomic E-state index is 13.2. The molecule has 0 aliphatic carbocycles. The predicted molar refractivity (Wildman–Crippen MR) is 140 cm³/mol. The number of hydrogen-bond acceptors (Lipinski definition) is 5. The molecular formula is C28H25N5OS. The Morgan fingerprint density at radius 1 is 1.00 bits per heavy atom. The second-order valence-corrected chi connectivity index (χ2v) is 9.15. The third-order valence-corrected chi connectivity index (χ3v) is 6.67. The highest BCUT2D eigenvalue weighted by Crippen LogP contribution is 2.27. The van der Waals surface area contributed by atoms with Crippen molar-refractivity contribution < 1.29 is 4.79 Å². The highest BCUT2D eigenvalue weighted by atomic mass is 32.1. The monoisotopic (exact) mass is 479 g/mol. The highest BCUT2D eigenvalue weighted by Gasteiger charge is 2.19. The molecule has 0 atom stereocenters. The van der Waals surface area contributed by atoms with E-state index in [9.17, 15) is 4.79 Å². The minimum Gasteiger partial charge on any atom is -0.352 e. The van der Waals surface area contributed by atoms with Crippen LogP contribution >= 0.6 is 11.3 Å². The smallest absolute Gasteiger partial charge is 0.255 e. The van der Waals surface area contributed by atoms with Gasteiger partial charge in [-0.1, -0.05) is 42.5 Å². The number of aromatic nitrogens is 4. The first kappa shape index (κ1) is 22.7. The first-order chi connectivity index (χ1) is 17.2. The van der Waals surface area contributed by atoms with Gasteiger partial charge in [-0.15, -0.1) is 11.3 Å². The van der Waals surface area contributed by atoms with Crippen molar-refractivity contribution in [3.8, 4) is 28.2 Å². The number of nitrogens with zero attached hydrogens (tertiary/aromatic N) is 4. The van der Waals surface area contributed by atoms with Gasteiger partial charge >= 0.3 is 0 Å². The summed E-state index contributed by atoms with van der Waals surface area (Å²) in [5.41, 5.74) is 6.23. The molecule has 1 amide bonds. The van der Waals surface area contributed by atoms with Crippen LogP contribution in [0.15, 0.2) is 90.7 Å². The molecule has 6 nitrogen and oxygen atoms in total. The Labute approximate surface area is 208 Å². The van der Waals surface area contributed by atoms with Crippen LogP contribution in [-0.4, -0.2) is 32.2 Å². The lowest BCUT2D eigenvalue weighted by atomic mass is 10.0. The van der Waals surface area contributed by atoms with Crippen LogP contribution in [0, 0.1) is 6.92 Å². The van der Waals surface area contributed by atoms with E-state index in [2.05, 4.69) is 15.7 Å². The summed E-state index contributed by atoms with van der Waals surface area (Å²) >= 11 is 1.64. The molecule has 3 aromatic heterocycles. The molecule has 174 valence electrons. The first-order valence-electron chi connectivity index (χ1n) is 11.5. The maximum atomic E-state index is 13.2. The van der Waals surface area contributed by atoms with Gasteiger partial charge in [0.2, 0.25) is 0 Å². The van der Waals surface area contributed by atoms with E-state index in [1.165, 1.54) is 0 Å². The van der Waals surface area contributed by atoms with Crippen molar-refractivity contribution in [1.29, 1.82) is 0 Å². The summed E-state index contributed by atoms with van der Waals surface area (Å²) in [7, 11) is 0. The van der Waals surface area contributed by atoms with E-state index in [0.717, 1.165) is 45.9 Å². The maximum Gasteiger partial charge on any atom is 0.255 e. The Bertz CT molecular complexity index is 1430. The topological polar surface area (TPSA) is 72.7 Å². The molecule has 0 fully saturated rings. The molecular weight excluding hydrogens is 454 g/mol. The van der Waals surface area contributed by atoms with Crippen molar-refractivity contribution >= 4 is 17.2 Å². The summed E-state index contributed by atoms with van der Waals surface area (Å²) in [6.07, 6.45) is 6.98. The number of hydrogen-bond donors (Lipinski definition) is 1. The summed E-state index contributed by atoms with van der Waals surface area (Å²) < 4.78 is 1.77. The Morgan fingerprint density at radius 2 is 1.77 bits per heavy atom. The van der Waals surface area contributed by atoms with Gasteiger partial charge in [0, 0.05) is 48.1 Å². The Balaban J connectivity index is 1.28. The molecule has 0 unspecified atom stereocenters. The molecule has 3 heterocycles. The zero-order chi connectivity index (χ0) is 24.0. The van der Waals surface area contributed by atoms with Crippen LogP contribution in [0.5, 0.6) is 0 Å². The van der Waals surface area contributed by atoms with Gasteiger partial charge in [0.1, 0.15) is 5.69 Å². The average molecular weight is 480 g/mol. The number of benzene rings is 2. The molecule has 0 radical (unpaired) electrons. The lowest BCUT2D eigenvalue weighted by Crippen LogP contribution is -2.25. The van der Waals surface area contributed by atoms with Gasteiger partial charge in [0.15, 0.2) is 0 Å². The molecule has 0 saturated heterocycles. The predicted octanol–water partition coefficient (Wildman–Crippen LogP) is 5.73. The van der Waals surface area contributed by atoms with Crippen molar-refractivity contribution in [3.05, 3.63) is 107 Å². The Kier molecular flexibility index (Phi) is 6.77. The molecule has 5 rings (SSSR count). The van der Waals surface area contributed by atoms with E-state index in [1.807, 2.05) is 79.9 Å². The zero-order valence-corrected chi connectivity index (χ0v) is 20.2. The molecule has 1 N–H and O–H groups in total. The summed E-state index contributed by atoms with van der Waals surface area (Å²) in [5, 5.41) is 11.0. The molecule has 5 aromatic rings. The van der Waals surface area contributed by atoms with Crippen LogP contribution in [0.1, 0.15) is 27.3 Å². The molecule has 0 saturated carbocycles. The van der Waals surface area contributed by atoms with Gasteiger partial charge in [0.25, 0.3) is 5.91 Å². The number of para-hydroxylation sites is 1. The van der Waals surface area contributed by atoms with Crippen LogP contribution in [0.25, 0.3) is 28.2 Å². The summed E-state index contributed by atoms with van der Waals surface area (Å²) in [4.78, 5) is 22.0. The van der Waals surface area contributed by atoms with E-state index in [1.54, 1.807) is 28.4 Å². The first-order valence-corrected chi connectivity index (χ1v) is 12.4. The normalized spacial score (nSPS) is 10.9. The minimum absolute atomic E-state index is 0.123. The lowest BCUT2D eigenvalue weighted by Gasteiger charge is -2.07. The number of pyridine rings is 1. The number of nitrogens with one attached hydrogen (secondary N) is 1. The quantitative estimate of drug-likeness (QED) is 0.289. The van der Waals surface area contributed by atoms with Crippen molar-refractivity contribution in [2.45, 2.75) is 19.8 Å². The third-order valence-electron chi connectivity index (χ3n) is 5.76. The molecule has 2 aromatic carbocycles. The number of rotatable bonds is 8. The molecule has 0 aliphatic rings. The van der Waals surface area contributed by atoms with Gasteiger partial charge in [-0.25, -0.2) is 9.67 Å². The zero-order valence-electron chi connectivity index (χ0n) is 19.4. The van der Waals surface area contributed by atoms with Gasteiger partial charge in [-0.3, -0.25) is 9.78 Å². The largest absolute Gasteiger partial charge is 0.352 e. The van der Waals surface area contributed by atoms with E-state index < -0.39 is 0 Å². The van der Waals surface area contributed by atoms with E-state index >= 15 is 0 Å². The number of amides is 1. The number of aryl methyl sites for hydroxylation is 2. The Hall–Kier alpha value is -4.10. The van der Waals surface area contributed by atoms with Gasteiger partial charge in [-0.2, -0.15) is 5.10 Å². The number of carbonyl (C=O) groups excluding carboxylic acids is 1. The van der Waals surface area contributed by atoms with Crippen LogP contribution < -0.4 is 5.32 Å². The highest BCUT2D eigenvalue weighted by molar-refractivity contribution is 7.09. The summed E-state index contributed by atoms with van der Waals surface area (Å²) in [5.74, 6) is -0.123. The van der Waals surface area contributed by atoms with E-state index in [0.29, 0.717) is 17.8 Å². The molecule has 0 aliphatic heterocycles. The standard InChI is InChI=1S/C28H25N5OS/c1-20-8-5-6-11-23(20)27-24(18-33(32-27)22-9-3-2-4-10-22)28(34)30-15-7-12-26-31-25(19-35-26)21-13-16-29-17-14-21/h2-6,8-11,13-14,16-19H,7,12,15H2,1H3,(H,30,34). The molecule has 0 spiro atoms. The van der Waals surface area contributed by atoms with Crippen LogP contribution in [0.2, 0.25) is 0 Å². The van der Waals surface area contributed by atoms with E-state index in [-0.39, 0.29) is 5.91 Å². The van der Waals surface area contributed by atoms with Crippen LogP contribution in [-0.2, 0) is 6.42 Å². The fourth-order valence-electron chi connectivity index (χ4n) is 3.91. The molecule has 35 heavy (non-hydrogen) atoms. The lowest BCUT2D eigenvalue weighted by molar-refractivity contribution is 0.0954. The number of thiazole rings is 1. The SMILES string of the molecule is Cc1ccccc1-c1nn(-c2ccccc2)cc1C(=O)NCCCc1nc(-c2ccncc2)cs1. The molecule has 7 heteroatoms. The van der Waals surface area contributed by atoms with Crippen molar-refractivity contribution in [2.24, 2.45) is 0 Å². The van der Waals surface area contributed by atoms with Gasteiger partial charge in [-0.05, 0) is 43.2 Å². The van der Waals surface area contributed by atoms with Gasteiger partial charge in [0.05, 0.1) is 22.0 Å². The van der Waals surface area contributed by atoms with E-state index in [4.69, 9.17) is 10.1 Å². The summed E-state index contributed by atoms with van der Waals surface area (Å²) in [6.45, 7) is 2.60. The van der Waals surface area contributed by atoms with Crippen LogP contribution in [0.4, 0.5) is 0 Å². The second kappa shape index (κ2) is 10.4. The Morgan fingerprint density at radius 3 is 2.57 bits per heavy atom. The second-order valence-electron chi connectivity index (χ2n) is 8.21. The summed E-state index contributed by atoms with van der Waals surface area (Å²) in [6, 6.07) is 21.8. The van der Waals surface area contributed by atoms with Crippen molar-refractivity contribution in [1.82, 2.24) is 25.1 Å².